The first kappa shape index (κ1) is 6.80. The molecule has 0 atom stereocenters. The van der Waals surface area contributed by atoms with Crippen LogP contribution in [-0.2, 0) is 4.79 Å². The van der Waals surface area contributed by atoms with Gasteiger partial charge in [0, 0.05) is 0 Å². The lowest BCUT2D eigenvalue weighted by Gasteiger charge is -1.84. The molecule has 0 N–H and O–H groups in total. The molecule has 0 aromatic heterocycles. The van der Waals surface area contributed by atoms with E-state index in [1.807, 2.05) is 6.92 Å². The summed E-state index contributed by atoms with van der Waals surface area (Å²) < 4.78 is 0. The number of rotatable bonds is 2. The SMILES string of the molecule is CCSC(C)=C=O. The van der Waals surface area contributed by atoms with Crippen LogP contribution in [0.5, 0.6) is 0 Å². The molecule has 40 valence electrons. The van der Waals surface area contributed by atoms with Crippen LogP contribution >= 0.6 is 11.8 Å². The summed E-state index contributed by atoms with van der Waals surface area (Å²) in [6.07, 6.45) is 0. The molecule has 0 aliphatic carbocycles. The molecule has 0 saturated carbocycles. The molecule has 0 aliphatic heterocycles. The minimum Gasteiger partial charge on any atom is -0.233 e. The van der Waals surface area contributed by atoms with Crippen LogP contribution < -0.4 is 0 Å². The highest BCUT2D eigenvalue weighted by atomic mass is 32.2. The Morgan fingerprint density at radius 3 is 2.57 bits per heavy atom. The van der Waals surface area contributed by atoms with E-state index in [9.17, 15) is 4.79 Å². The Hall–Kier alpha value is -0.200. The average molecular weight is 116 g/mol. The highest BCUT2D eigenvalue weighted by Gasteiger charge is 1.82. The minimum atomic E-state index is 0.738. The zero-order valence-corrected chi connectivity index (χ0v) is 5.34. The van der Waals surface area contributed by atoms with Crippen LogP contribution in [0.25, 0.3) is 0 Å². The van der Waals surface area contributed by atoms with E-state index < -0.39 is 0 Å². The average Bonchev–Trinajstić information content (AvgIpc) is 1.68. The quantitative estimate of drug-likeness (QED) is 0.508. The molecule has 0 rings (SSSR count). The fourth-order valence-electron chi connectivity index (χ4n) is 0.246. The molecule has 0 radical (unpaired) electrons. The third-order valence-corrected chi connectivity index (χ3v) is 1.31. The lowest BCUT2D eigenvalue weighted by Crippen LogP contribution is -1.67. The standard InChI is InChI=1S/C5H8OS/c1-3-7-5(2)4-6/h3H2,1-2H3. The van der Waals surface area contributed by atoms with E-state index in [4.69, 9.17) is 0 Å². The normalized spacial score (nSPS) is 7.71. The third-order valence-electron chi connectivity index (χ3n) is 0.505. The van der Waals surface area contributed by atoms with E-state index in [0.29, 0.717) is 0 Å². The van der Waals surface area contributed by atoms with Crippen molar-refractivity contribution in [3.05, 3.63) is 4.91 Å². The van der Waals surface area contributed by atoms with Crippen molar-refractivity contribution in [2.24, 2.45) is 0 Å². The van der Waals surface area contributed by atoms with Crippen molar-refractivity contribution in [2.45, 2.75) is 13.8 Å². The van der Waals surface area contributed by atoms with E-state index >= 15 is 0 Å². The van der Waals surface area contributed by atoms with Crippen molar-refractivity contribution in [3.8, 4) is 0 Å². The van der Waals surface area contributed by atoms with Gasteiger partial charge in [0.15, 0.2) is 0 Å². The Kier molecular flexibility index (Phi) is 3.86. The molecular formula is C5H8OS. The molecule has 0 unspecified atom stereocenters. The van der Waals surface area contributed by atoms with Gasteiger partial charge in [-0.3, -0.25) is 0 Å². The minimum absolute atomic E-state index is 0.738. The Morgan fingerprint density at radius 2 is 2.43 bits per heavy atom. The summed E-state index contributed by atoms with van der Waals surface area (Å²) in [7, 11) is 0. The second-order valence-corrected chi connectivity index (χ2v) is 2.57. The fraction of sp³-hybridized carbons (Fsp3) is 0.600. The molecule has 2 heteroatoms. The summed E-state index contributed by atoms with van der Waals surface area (Å²) in [4.78, 5) is 10.5. The second-order valence-electron chi connectivity index (χ2n) is 1.09. The van der Waals surface area contributed by atoms with E-state index in [-0.39, 0.29) is 0 Å². The molecule has 0 aliphatic rings. The van der Waals surface area contributed by atoms with Gasteiger partial charge in [-0.1, -0.05) is 6.92 Å². The number of hydrogen-bond acceptors (Lipinski definition) is 2. The van der Waals surface area contributed by atoms with Crippen LogP contribution in [0.1, 0.15) is 13.8 Å². The first-order valence-electron chi connectivity index (χ1n) is 2.15. The maximum absolute atomic E-state index is 9.71. The maximum Gasteiger partial charge on any atom is 0.134 e. The van der Waals surface area contributed by atoms with Gasteiger partial charge in [0.1, 0.15) is 5.94 Å². The highest BCUT2D eigenvalue weighted by molar-refractivity contribution is 8.03. The van der Waals surface area contributed by atoms with Gasteiger partial charge in [-0.05, 0) is 12.7 Å². The molecule has 0 saturated heterocycles. The van der Waals surface area contributed by atoms with Gasteiger partial charge in [0.2, 0.25) is 0 Å². The van der Waals surface area contributed by atoms with Crippen LogP contribution in [0.4, 0.5) is 0 Å². The van der Waals surface area contributed by atoms with Gasteiger partial charge in [0.25, 0.3) is 0 Å². The van der Waals surface area contributed by atoms with Crippen LogP contribution in [0.15, 0.2) is 4.91 Å². The van der Waals surface area contributed by atoms with Crippen molar-refractivity contribution >= 4 is 17.7 Å². The first-order valence-corrected chi connectivity index (χ1v) is 3.14. The highest BCUT2D eigenvalue weighted by Crippen LogP contribution is 2.08. The fourth-order valence-corrected chi connectivity index (χ4v) is 0.738. The summed E-state index contributed by atoms with van der Waals surface area (Å²) in [6, 6.07) is 0. The molecule has 0 aromatic carbocycles. The largest absolute Gasteiger partial charge is 0.233 e. The number of carbonyl (C=O) groups excluding carboxylic acids is 1. The monoisotopic (exact) mass is 116 g/mol. The molecule has 7 heavy (non-hydrogen) atoms. The number of allylic oxidation sites excluding steroid dienone is 1. The Bertz CT molecular complexity index is 92.3. The number of thioether (sulfide) groups is 1. The summed E-state index contributed by atoms with van der Waals surface area (Å²) in [5.41, 5.74) is 0. The zero-order valence-electron chi connectivity index (χ0n) is 4.52. The molecule has 1 nitrogen and oxygen atoms in total. The summed E-state index contributed by atoms with van der Waals surface area (Å²) >= 11 is 1.52. The number of hydrogen-bond donors (Lipinski definition) is 0. The Balaban J connectivity index is 3.37. The van der Waals surface area contributed by atoms with Gasteiger partial charge < -0.3 is 0 Å². The topological polar surface area (TPSA) is 17.1 Å². The molecule has 0 spiro atoms. The predicted octanol–water partition coefficient (Wildman–Crippen LogP) is 1.47. The molecule has 0 aromatic rings. The van der Waals surface area contributed by atoms with Crippen molar-refractivity contribution in [1.29, 1.82) is 0 Å². The van der Waals surface area contributed by atoms with E-state index in [2.05, 4.69) is 0 Å². The molecule has 0 heterocycles. The van der Waals surface area contributed by atoms with Crippen molar-refractivity contribution in [3.63, 3.8) is 0 Å². The van der Waals surface area contributed by atoms with Crippen LogP contribution in [0, 0.1) is 0 Å². The van der Waals surface area contributed by atoms with E-state index in [1.54, 1.807) is 12.9 Å². The van der Waals surface area contributed by atoms with Gasteiger partial charge in [-0.25, -0.2) is 4.79 Å². The maximum atomic E-state index is 9.71. The van der Waals surface area contributed by atoms with Crippen molar-refractivity contribution in [2.75, 3.05) is 5.75 Å². The zero-order chi connectivity index (χ0) is 5.70. The summed E-state index contributed by atoms with van der Waals surface area (Å²) in [6.45, 7) is 3.77. The van der Waals surface area contributed by atoms with Crippen molar-refractivity contribution < 1.29 is 4.79 Å². The molecule has 0 amide bonds. The summed E-state index contributed by atoms with van der Waals surface area (Å²) in [5.74, 6) is 2.75. The van der Waals surface area contributed by atoms with Crippen LogP contribution in [0.3, 0.4) is 0 Å². The second kappa shape index (κ2) is 3.97. The first-order chi connectivity index (χ1) is 3.31. The van der Waals surface area contributed by atoms with Gasteiger partial charge in [-0.15, -0.1) is 11.8 Å². The van der Waals surface area contributed by atoms with E-state index in [0.717, 1.165) is 10.7 Å². The van der Waals surface area contributed by atoms with Gasteiger partial charge >= 0.3 is 0 Å². The lowest BCUT2D eigenvalue weighted by atomic mass is 10.7. The van der Waals surface area contributed by atoms with Crippen LogP contribution in [0.2, 0.25) is 0 Å². The lowest BCUT2D eigenvalue weighted by molar-refractivity contribution is 0.568. The predicted molar refractivity (Wildman–Crippen MR) is 33.0 cm³/mol. The van der Waals surface area contributed by atoms with Crippen LogP contribution in [-0.4, -0.2) is 11.7 Å². The van der Waals surface area contributed by atoms with E-state index in [1.165, 1.54) is 11.8 Å². The van der Waals surface area contributed by atoms with Gasteiger partial charge in [-0.2, -0.15) is 0 Å². The molecular weight excluding hydrogens is 108 g/mol. The van der Waals surface area contributed by atoms with Gasteiger partial charge in [0.05, 0.1) is 4.91 Å². The molecule has 0 bridgehead atoms. The Morgan fingerprint density at radius 1 is 1.86 bits per heavy atom. The third kappa shape index (κ3) is 3.64. The molecule has 0 fully saturated rings. The smallest absolute Gasteiger partial charge is 0.134 e. The Labute approximate surface area is 47.8 Å². The summed E-state index contributed by atoms with van der Waals surface area (Å²) in [5, 5.41) is 0. The van der Waals surface area contributed by atoms with Crippen molar-refractivity contribution in [1.82, 2.24) is 0 Å².